The summed E-state index contributed by atoms with van der Waals surface area (Å²) in [4.78, 5) is 11.7. The lowest BCUT2D eigenvalue weighted by molar-refractivity contribution is 0.0977. The summed E-state index contributed by atoms with van der Waals surface area (Å²) in [5.74, 6) is -2.63. The molecule has 0 bridgehead atoms. The van der Waals surface area contributed by atoms with Crippen molar-refractivity contribution in [2.75, 3.05) is 13.2 Å². The summed E-state index contributed by atoms with van der Waals surface area (Å²) >= 11 is 0. The number of hydrogen-bond donors (Lipinski definition) is 1. The molecule has 2 aromatic rings. The average Bonchev–Trinajstić information content (AvgIpc) is 2.53. The number of halogens is 2. The number of fused-ring (bicyclic) bond motifs is 1. The molecule has 1 aliphatic rings. The molecule has 1 aliphatic heterocycles. The highest BCUT2D eigenvalue weighted by molar-refractivity contribution is 7.90. The lowest BCUT2D eigenvalue weighted by Crippen LogP contribution is -2.31. The van der Waals surface area contributed by atoms with Crippen molar-refractivity contribution in [3.63, 3.8) is 0 Å². The van der Waals surface area contributed by atoms with Crippen LogP contribution in [0.1, 0.15) is 10.4 Å². The van der Waals surface area contributed by atoms with Gasteiger partial charge in [0, 0.05) is 12.1 Å². The van der Waals surface area contributed by atoms with Gasteiger partial charge in [-0.25, -0.2) is 21.9 Å². The fourth-order valence-corrected chi connectivity index (χ4v) is 3.08. The summed E-state index contributed by atoms with van der Waals surface area (Å²) in [5.41, 5.74) is -0.586. The van der Waals surface area contributed by atoms with Gasteiger partial charge in [0.1, 0.15) is 24.8 Å². The Kier molecular flexibility index (Phi) is 4.10. The highest BCUT2D eigenvalue weighted by atomic mass is 32.2. The molecule has 0 fully saturated rings. The molecule has 2 aromatic carbocycles. The molecule has 24 heavy (non-hydrogen) atoms. The van der Waals surface area contributed by atoms with Crippen LogP contribution in [-0.4, -0.2) is 27.5 Å². The number of benzene rings is 2. The van der Waals surface area contributed by atoms with Crippen LogP contribution in [0.3, 0.4) is 0 Å². The number of sulfonamides is 1. The van der Waals surface area contributed by atoms with Gasteiger partial charge in [-0.05, 0) is 24.3 Å². The minimum absolute atomic E-state index is 0.226. The molecule has 0 unspecified atom stereocenters. The van der Waals surface area contributed by atoms with Crippen LogP contribution < -0.4 is 14.2 Å². The first-order chi connectivity index (χ1) is 11.4. The van der Waals surface area contributed by atoms with Crippen LogP contribution >= 0.6 is 0 Å². The first kappa shape index (κ1) is 16.2. The summed E-state index contributed by atoms with van der Waals surface area (Å²) in [5, 5.41) is 0. The van der Waals surface area contributed by atoms with E-state index in [4.69, 9.17) is 9.47 Å². The fourth-order valence-electron chi connectivity index (χ4n) is 2.10. The Balaban J connectivity index is 1.87. The Bertz CT molecular complexity index is 914. The number of carbonyl (C=O) groups is 1. The molecular formula is C15H11F2NO5S. The van der Waals surface area contributed by atoms with Gasteiger partial charge >= 0.3 is 0 Å². The number of carbonyl (C=O) groups excluding carboxylic acids is 1. The lowest BCUT2D eigenvalue weighted by Gasteiger charge is -2.18. The molecule has 0 atom stereocenters. The molecule has 6 nitrogen and oxygen atoms in total. The normalized spacial score (nSPS) is 13.4. The Morgan fingerprint density at radius 2 is 1.71 bits per heavy atom. The predicted octanol–water partition coefficient (Wildman–Crippen LogP) is 1.85. The van der Waals surface area contributed by atoms with Crippen molar-refractivity contribution in [2.45, 2.75) is 4.90 Å². The Hall–Kier alpha value is -2.68. The van der Waals surface area contributed by atoms with Crippen LogP contribution in [0.5, 0.6) is 11.5 Å². The van der Waals surface area contributed by atoms with Crippen molar-refractivity contribution in [3.05, 3.63) is 53.6 Å². The topological polar surface area (TPSA) is 81.7 Å². The van der Waals surface area contributed by atoms with Gasteiger partial charge in [0.2, 0.25) is 0 Å². The predicted molar refractivity (Wildman–Crippen MR) is 78.4 cm³/mol. The molecule has 0 saturated heterocycles. The highest BCUT2D eigenvalue weighted by Crippen LogP contribution is 2.32. The van der Waals surface area contributed by atoms with Gasteiger partial charge in [-0.1, -0.05) is 0 Å². The summed E-state index contributed by atoms with van der Waals surface area (Å²) < 4.78 is 63.2. The summed E-state index contributed by atoms with van der Waals surface area (Å²) in [6.45, 7) is 0.614. The van der Waals surface area contributed by atoms with Gasteiger partial charge in [0.15, 0.2) is 11.5 Å². The number of amides is 1. The maximum atomic E-state index is 13.6. The Morgan fingerprint density at radius 1 is 1.00 bits per heavy atom. The van der Waals surface area contributed by atoms with Crippen LogP contribution in [0.15, 0.2) is 41.3 Å². The van der Waals surface area contributed by atoms with E-state index in [1.165, 1.54) is 18.2 Å². The van der Waals surface area contributed by atoms with Crippen molar-refractivity contribution in [3.8, 4) is 11.5 Å². The molecule has 1 amide bonds. The minimum atomic E-state index is -4.26. The lowest BCUT2D eigenvalue weighted by atomic mass is 10.2. The second-order valence-electron chi connectivity index (χ2n) is 4.86. The molecule has 0 spiro atoms. The van der Waals surface area contributed by atoms with Crippen LogP contribution in [0.25, 0.3) is 0 Å². The van der Waals surface area contributed by atoms with Crippen LogP contribution in [0, 0.1) is 11.6 Å². The molecule has 0 aromatic heterocycles. The van der Waals surface area contributed by atoms with Gasteiger partial charge in [-0.2, -0.15) is 0 Å². The maximum absolute atomic E-state index is 13.6. The smallest absolute Gasteiger partial charge is 0.267 e. The molecule has 9 heteroatoms. The molecule has 126 valence electrons. The van der Waals surface area contributed by atoms with Crippen molar-refractivity contribution < 1.29 is 31.5 Å². The highest BCUT2D eigenvalue weighted by Gasteiger charge is 2.23. The Morgan fingerprint density at radius 3 is 2.42 bits per heavy atom. The Labute approximate surface area is 136 Å². The van der Waals surface area contributed by atoms with Gasteiger partial charge in [-0.3, -0.25) is 4.79 Å². The van der Waals surface area contributed by atoms with E-state index in [0.717, 1.165) is 12.1 Å². The average molecular weight is 355 g/mol. The molecule has 1 N–H and O–H groups in total. The van der Waals surface area contributed by atoms with Gasteiger partial charge in [0.25, 0.3) is 15.9 Å². The molecule has 0 aliphatic carbocycles. The van der Waals surface area contributed by atoms with Crippen molar-refractivity contribution >= 4 is 15.9 Å². The monoisotopic (exact) mass is 355 g/mol. The number of rotatable bonds is 3. The van der Waals surface area contributed by atoms with Crippen LogP contribution in [0.4, 0.5) is 8.78 Å². The third-order valence-corrected chi connectivity index (χ3v) is 4.56. The van der Waals surface area contributed by atoms with Gasteiger partial charge < -0.3 is 9.47 Å². The molecule has 1 heterocycles. The second kappa shape index (κ2) is 6.08. The molecule has 0 saturated carbocycles. The van der Waals surface area contributed by atoms with Crippen LogP contribution in [-0.2, 0) is 10.0 Å². The maximum Gasteiger partial charge on any atom is 0.267 e. The zero-order valence-electron chi connectivity index (χ0n) is 12.1. The molecule has 0 radical (unpaired) electrons. The zero-order valence-corrected chi connectivity index (χ0v) is 12.9. The number of hydrogen-bond acceptors (Lipinski definition) is 5. The van der Waals surface area contributed by atoms with Crippen molar-refractivity contribution in [2.24, 2.45) is 0 Å². The minimum Gasteiger partial charge on any atom is -0.486 e. The van der Waals surface area contributed by atoms with Gasteiger partial charge in [0.05, 0.1) is 10.5 Å². The van der Waals surface area contributed by atoms with E-state index >= 15 is 0 Å². The SMILES string of the molecule is O=C(NS(=O)(=O)c1ccc2c(c1)OCCO2)c1ccc(F)cc1F. The summed E-state index contributed by atoms with van der Waals surface area (Å²) in [6.07, 6.45) is 0. The summed E-state index contributed by atoms with van der Waals surface area (Å²) in [7, 11) is -4.26. The number of ether oxygens (including phenoxy) is 2. The molecular weight excluding hydrogens is 344 g/mol. The van der Waals surface area contributed by atoms with Crippen LogP contribution in [0.2, 0.25) is 0 Å². The largest absolute Gasteiger partial charge is 0.486 e. The van der Waals surface area contributed by atoms with E-state index in [9.17, 15) is 22.0 Å². The summed E-state index contributed by atoms with van der Waals surface area (Å²) in [6, 6.07) is 6.03. The van der Waals surface area contributed by atoms with E-state index in [2.05, 4.69) is 0 Å². The molecule has 3 rings (SSSR count). The third-order valence-electron chi connectivity index (χ3n) is 3.23. The fraction of sp³-hybridized carbons (Fsp3) is 0.133. The standard InChI is InChI=1S/C15H11F2NO5S/c16-9-1-3-11(12(17)7-9)15(19)18-24(20,21)10-2-4-13-14(8-10)23-6-5-22-13/h1-4,7-8H,5-6H2,(H,18,19). The quantitative estimate of drug-likeness (QED) is 0.909. The van der Waals surface area contributed by atoms with Crippen molar-refractivity contribution in [1.29, 1.82) is 0 Å². The zero-order chi connectivity index (χ0) is 17.3. The second-order valence-corrected chi connectivity index (χ2v) is 6.55. The van der Waals surface area contributed by atoms with E-state index in [1.54, 1.807) is 4.72 Å². The number of nitrogens with one attached hydrogen (secondary N) is 1. The first-order valence-corrected chi connectivity index (χ1v) is 8.27. The van der Waals surface area contributed by atoms with E-state index in [-0.39, 0.29) is 17.3 Å². The third kappa shape index (κ3) is 3.16. The first-order valence-electron chi connectivity index (χ1n) is 6.79. The van der Waals surface area contributed by atoms with E-state index < -0.39 is 33.1 Å². The van der Waals surface area contributed by atoms with E-state index in [1.807, 2.05) is 0 Å². The van der Waals surface area contributed by atoms with Crippen molar-refractivity contribution in [1.82, 2.24) is 4.72 Å². The van der Waals surface area contributed by atoms with Gasteiger partial charge in [-0.15, -0.1) is 0 Å². The van der Waals surface area contributed by atoms with E-state index in [0.29, 0.717) is 18.4 Å².